The highest BCUT2D eigenvalue weighted by Gasteiger charge is 2.33. The van der Waals surface area contributed by atoms with Crippen molar-refractivity contribution in [3.05, 3.63) is 90.0 Å². The Labute approximate surface area is 212 Å². The standard InChI is InChI=1S/C26H25F3N2O5S/c1-2-3-16-36-25(33)19-12-14-21(15-13-19)30-24(32)18-31(37(34,35)23-10-5-4-6-11-23)22-9-7-8-20(17-22)26(27,28)29/h4-15,17H,2-3,16,18H2,1H3,(H,30,32). The lowest BCUT2D eigenvalue weighted by Crippen LogP contribution is -2.38. The maximum atomic E-state index is 13.3. The van der Waals surface area contributed by atoms with Crippen LogP contribution in [0, 0.1) is 0 Å². The van der Waals surface area contributed by atoms with Crippen molar-refractivity contribution in [1.29, 1.82) is 0 Å². The third kappa shape index (κ3) is 7.32. The van der Waals surface area contributed by atoms with Crippen LogP contribution >= 0.6 is 0 Å². The number of rotatable bonds is 10. The lowest BCUT2D eigenvalue weighted by atomic mass is 10.2. The van der Waals surface area contributed by atoms with Crippen LogP contribution in [0.25, 0.3) is 0 Å². The number of ether oxygens (including phenoxy) is 1. The fourth-order valence-electron chi connectivity index (χ4n) is 3.29. The fourth-order valence-corrected chi connectivity index (χ4v) is 4.72. The molecule has 0 aliphatic carbocycles. The van der Waals surface area contributed by atoms with Gasteiger partial charge in [0.25, 0.3) is 10.0 Å². The summed E-state index contributed by atoms with van der Waals surface area (Å²) in [6.07, 6.45) is -3.11. The van der Waals surface area contributed by atoms with Crippen LogP contribution in [0.4, 0.5) is 24.5 Å². The number of carbonyl (C=O) groups excluding carboxylic acids is 2. The van der Waals surface area contributed by atoms with Gasteiger partial charge in [-0.05, 0) is 61.0 Å². The first-order valence-electron chi connectivity index (χ1n) is 11.3. The van der Waals surface area contributed by atoms with Gasteiger partial charge < -0.3 is 10.1 Å². The molecular weight excluding hydrogens is 509 g/mol. The van der Waals surface area contributed by atoms with Gasteiger partial charge in [0.05, 0.1) is 28.3 Å². The second kappa shape index (κ2) is 11.9. The highest BCUT2D eigenvalue weighted by atomic mass is 32.2. The summed E-state index contributed by atoms with van der Waals surface area (Å²) in [5.74, 6) is -1.31. The Hall–Kier alpha value is -3.86. The molecule has 0 aromatic heterocycles. The van der Waals surface area contributed by atoms with Gasteiger partial charge >= 0.3 is 12.1 Å². The molecule has 0 radical (unpaired) electrons. The van der Waals surface area contributed by atoms with Crippen LogP contribution in [-0.4, -0.2) is 33.4 Å². The number of unbranched alkanes of at least 4 members (excludes halogenated alkanes) is 1. The van der Waals surface area contributed by atoms with Gasteiger partial charge in [0.2, 0.25) is 5.91 Å². The van der Waals surface area contributed by atoms with Gasteiger partial charge in [0.15, 0.2) is 0 Å². The van der Waals surface area contributed by atoms with Gasteiger partial charge in [-0.1, -0.05) is 37.6 Å². The van der Waals surface area contributed by atoms with E-state index in [-0.39, 0.29) is 28.4 Å². The van der Waals surface area contributed by atoms with Gasteiger partial charge in [-0.15, -0.1) is 0 Å². The lowest BCUT2D eigenvalue weighted by Gasteiger charge is -2.25. The number of anilines is 2. The smallest absolute Gasteiger partial charge is 0.416 e. The van der Waals surface area contributed by atoms with E-state index in [9.17, 15) is 31.2 Å². The van der Waals surface area contributed by atoms with Gasteiger partial charge in [-0.3, -0.25) is 9.10 Å². The second-order valence-corrected chi connectivity index (χ2v) is 9.85. The number of alkyl halides is 3. The average Bonchev–Trinajstić information content (AvgIpc) is 2.88. The number of benzene rings is 3. The van der Waals surface area contributed by atoms with Gasteiger partial charge in [-0.2, -0.15) is 13.2 Å². The maximum Gasteiger partial charge on any atom is 0.416 e. The topological polar surface area (TPSA) is 92.8 Å². The maximum absolute atomic E-state index is 13.3. The van der Waals surface area contributed by atoms with Crippen LogP contribution in [0.3, 0.4) is 0 Å². The summed E-state index contributed by atoms with van der Waals surface area (Å²) in [7, 11) is -4.39. The molecule has 37 heavy (non-hydrogen) atoms. The summed E-state index contributed by atoms with van der Waals surface area (Å²) in [5.41, 5.74) is -0.846. The van der Waals surface area contributed by atoms with Crippen LogP contribution in [0.5, 0.6) is 0 Å². The number of halogens is 3. The Balaban J connectivity index is 1.84. The minimum Gasteiger partial charge on any atom is -0.462 e. The summed E-state index contributed by atoms with van der Waals surface area (Å²) in [6.45, 7) is 1.46. The first-order chi connectivity index (χ1) is 17.5. The number of sulfonamides is 1. The Bertz CT molecular complexity index is 1330. The van der Waals surface area contributed by atoms with Crippen molar-refractivity contribution in [2.45, 2.75) is 30.8 Å². The van der Waals surface area contributed by atoms with E-state index in [1.165, 1.54) is 54.6 Å². The largest absolute Gasteiger partial charge is 0.462 e. The van der Waals surface area contributed by atoms with Crippen molar-refractivity contribution in [1.82, 2.24) is 0 Å². The Morgan fingerprint density at radius 1 is 0.946 bits per heavy atom. The zero-order chi connectivity index (χ0) is 27.1. The molecule has 0 spiro atoms. The molecule has 0 bridgehead atoms. The normalized spacial score (nSPS) is 11.6. The van der Waals surface area contributed by atoms with Crippen molar-refractivity contribution in [3.63, 3.8) is 0 Å². The van der Waals surface area contributed by atoms with Crippen molar-refractivity contribution in [3.8, 4) is 0 Å². The van der Waals surface area contributed by atoms with E-state index >= 15 is 0 Å². The lowest BCUT2D eigenvalue weighted by molar-refractivity contribution is -0.137. The summed E-state index contributed by atoms with van der Waals surface area (Å²) in [4.78, 5) is 24.7. The molecule has 3 aromatic carbocycles. The van der Waals surface area contributed by atoms with Crippen LogP contribution < -0.4 is 9.62 Å². The predicted molar refractivity (Wildman–Crippen MR) is 133 cm³/mol. The van der Waals surface area contributed by atoms with E-state index in [0.29, 0.717) is 10.4 Å². The Morgan fingerprint density at radius 2 is 1.62 bits per heavy atom. The van der Waals surface area contributed by atoms with E-state index in [1.807, 2.05) is 6.92 Å². The fraction of sp³-hybridized carbons (Fsp3) is 0.231. The van der Waals surface area contributed by atoms with Crippen molar-refractivity contribution in [2.24, 2.45) is 0 Å². The minimum absolute atomic E-state index is 0.189. The molecule has 0 saturated carbocycles. The Kier molecular flexibility index (Phi) is 8.93. The average molecular weight is 535 g/mol. The summed E-state index contributed by atoms with van der Waals surface area (Å²) in [6, 6.07) is 16.6. The molecule has 0 fully saturated rings. The van der Waals surface area contributed by atoms with Crippen molar-refractivity contribution in [2.75, 3.05) is 22.8 Å². The van der Waals surface area contributed by atoms with E-state index in [0.717, 1.165) is 25.0 Å². The highest BCUT2D eigenvalue weighted by molar-refractivity contribution is 7.92. The van der Waals surface area contributed by atoms with Crippen LogP contribution in [0.1, 0.15) is 35.7 Å². The van der Waals surface area contributed by atoms with Gasteiger partial charge in [-0.25, -0.2) is 13.2 Å². The van der Waals surface area contributed by atoms with E-state index in [4.69, 9.17) is 4.74 Å². The molecule has 0 aliphatic heterocycles. The minimum atomic E-state index is -4.71. The first-order valence-corrected chi connectivity index (χ1v) is 12.8. The molecule has 1 amide bonds. The van der Waals surface area contributed by atoms with E-state index in [1.54, 1.807) is 6.07 Å². The zero-order valence-corrected chi connectivity index (χ0v) is 20.7. The van der Waals surface area contributed by atoms with Crippen LogP contribution in [-0.2, 0) is 25.7 Å². The molecular formula is C26H25F3N2O5S. The number of carbonyl (C=O) groups is 2. The highest BCUT2D eigenvalue weighted by Crippen LogP contribution is 2.33. The van der Waals surface area contributed by atoms with Gasteiger partial charge in [0.1, 0.15) is 6.54 Å². The molecule has 196 valence electrons. The molecule has 0 saturated heterocycles. The molecule has 7 nitrogen and oxygen atoms in total. The summed E-state index contributed by atoms with van der Waals surface area (Å²) < 4.78 is 72.3. The summed E-state index contributed by atoms with van der Waals surface area (Å²) in [5, 5.41) is 2.51. The SMILES string of the molecule is CCCCOC(=O)c1ccc(NC(=O)CN(c2cccc(C(F)(F)F)c2)S(=O)(=O)c2ccccc2)cc1. The van der Waals surface area contributed by atoms with Crippen molar-refractivity contribution < 1.29 is 35.9 Å². The number of amides is 1. The van der Waals surface area contributed by atoms with Crippen LogP contribution in [0.2, 0.25) is 0 Å². The number of hydrogen-bond donors (Lipinski definition) is 1. The number of esters is 1. The van der Waals surface area contributed by atoms with E-state index in [2.05, 4.69) is 5.32 Å². The number of nitrogens with zero attached hydrogens (tertiary/aromatic N) is 1. The first kappa shape index (κ1) is 27.7. The van der Waals surface area contributed by atoms with Crippen molar-refractivity contribution >= 4 is 33.3 Å². The molecule has 1 N–H and O–H groups in total. The third-order valence-electron chi connectivity index (χ3n) is 5.22. The Morgan fingerprint density at radius 3 is 2.24 bits per heavy atom. The number of hydrogen-bond acceptors (Lipinski definition) is 5. The molecule has 3 rings (SSSR count). The quantitative estimate of drug-likeness (QED) is 0.274. The van der Waals surface area contributed by atoms with Gasteiger partial charge in [0, 0.05) is 5.69 Å². The molecule has 0 aliphatic rings. The summed E-state index contributed by atoms with van der Waals surface area (Å²) >= 11 is 0. The predicted octanol–water partition coefficient (Wildman–Crippen LogP) is 5.50. The van der Waals surface area contributed by atoms with Crippen LogP contribution in [0.15, 0.2) is 83.8 Å². The molecule has 0 unspecified atom stereocenters. The zero-order valence-electron chi connectivity index (χ0n) is 19.9. The third-order valence-corrected chi connectivity index (χ3v) is 7.00. The molecule has 3 aromatic rings. The molecule has 11 heteroatoms. The van der Waals surface area contributed by atoms with E-state index < -0.39 is 40.2 Å². The second-order valence-electron chi connectivity index (χ2n) is 7.99. The molecule has 0 atom stereocenters. The number of nitrogens with one attached hydrogen (secondary N) is 1. The molecule has 0 heterocycles. The monoisotopic (exact) mass is 534 g/mol.